The molecule has 0 aromatic heterocycles. The van der Waals surface area contributed by atoms with Crippen LogP contribution in [-0.4, -0.2) is 25.5 Å². The molecular weight excluding hydrogens is 404 g/mol. The first kappa shape index (κ1) is 21.4. The number of carbonyl (C=O) groups is 2. The van der Waals surface area contributed by atoms with Gasteiger partial charge in [0.05, 0.1) is 7.11 Å². The normalized spacial score (nSPS) is 15.7. The standard InChI is InChI=1S/C26H26N2O4/c1-16-6-4-7-17(2)25(16)32-23-13-18(10-11-22(23)31-3)20-14-24(29)28(15-20)21-9-5-8-19(12-21)26(27)30/h4-13,20H,14-15H2,1-3H3,(H2,27,30). The number of benzene rings is 3. The van der Waals surface area contributed by atoms with E-state index in [4.69, 9.17) is 15.2 Å². The highest BCUT2D eigenvalue weighted by Crippen LogP contribution is 2.39. The highest BCUT2D eigenvalue weighted by Gasteiger charge is 2.32. The van der Waals surface area contributed by atoms with E-state index in [1.54, 1.807) is 30.2 Å². The molecule has 6 heteroatoms. The molecule has 1 fully saturated rings. The van der Waals surface area contributed by atoms with Gasteiger partial charge in [0.2, 0.25) is 11.8 Å². The maximum absolute atomic E-state index is 12.8. The Hall–Kier alpha value is -3.80. The van der Waals surface area contributed by atoms with Crippen LogP contribution in [0.15, 0.2) is 60.7 Å². The second kappa shape index (κ2) is 8.75. The fourth-order valence-electron chi connectivity index (χ4n) is 4.10. The molecule has 1 aliphatic rings. The third-order valence-electron chi connectivity index (χ3n) is 5.85. The van der Waals surface area contributed by atoms with Gasteiger partial charge in [0, 0.05) is 30.1 Å². The van der Waals surface area contributed by atoms with Crippen LogP contribution in [0.5, 0.6) is 17.2 Å². The van der Waals surface area contributed by atoms with Crippen molar-refractivity contribution >= 4 is 17.5 Å². The van der Waals surface area contributed by atoms with E-state index in [1.807, 2.05) is 56.3 Å². The molecule has 0 spiro atoms. The van der Waals surface area contributed by atoms with Crippen LogP contribution in [0.3, 0.4) is 0 Å². The summed E-state index contributed by atoms with van der Waals surface area (Å²) in [6.07, 6.45) is 0.371. The monoisotopic (exact) mass is 430 g/mol. The number of ether oxygens (including phenoxy) is 2. The molecule has 1 heterocycles. The zero-order valence-corrected chi connectivity index (χ0v) is 18.4. The molecule has 3 aromatic carbocycles. The Morgan fingerprint density at radius 2 is 1.72 bits per heavy atom. The number of methoxy groups -OCH3 is 1. The van der Waals surface area contributed by atoms with Gasteiger partial charge in [-0.15, -0.1) is 0 Å². The Bertz CT molecular complexity index is 1170. The first-order valence-corrected chi connectivity index (χ1v) is 10.5. The smallest absolute Gasteiger partial charge is 0.248 e. The van der Waals surface area contributed by atoms with Gasteiger partial charge in [-0.3, -0.25) is 9.59 Å². The number of primary amides is 1. The van der Waals surface area contributed by atoms with Crippen molar-refractivity contribution < 1.29 is 19.1 Å². The van der Waals surface area contributed by atoms with Crippen LogP contribution >= 0.6 is 0 Å². The van der Waals surface area contributed by atoms with Gasteiger partial charge in [0.1, 0.15) is 5.75 Å². The number of carbonyl (C=O) groups excluding carboxylic acids is 2. The first-order chi connectivity index (χ1) is 15.4. The van der Waals surface area contributed by atoms with Crippen LogP contribution in [0.4, 0.5) is 5.69 Å². The number of aryl methyl sites for hydroxylation is 2. The molecule has 0 bridgehead atoms. The lowest BCUT2D eigenvalue weighted by atomic mass is 9.98. The summed E-state index contributed by atoms with van der Waals surface area (Å²) in [6, 6.07) is 18.7. The minimum absolute atomic E-state index is 0.00431. The van der Waals surface area contributed by atoms with E-state index in [0.717, 1.165) is 22.4 Å². The van der Waals surface area contributed by atoms with Gasteiger partial charge in [-0.2, -0.15) is 0 Å². The van der Waals surface area contributed by atoms with Crippen LogP contribution < -0.4 is 20.1 Å². The third kappa shape index (κ3) is 4.17. The summed E-state index contributed by atoms with van der Waals surface area (Å²) in [4.78, 5) is 26.0. The van der Waals surface area contributed by atoms with Crippen molar-refractivity contribution in [3.63, 3.8) is 0 Å². The minimum atomic E-state index is -0.515. The summed E-state index contributed by atoms with van der Waals surface area (Å²) in [5, 5.41) is 0. The van der Waals surface area contributed by atoms with Gasteiger partial charge < -0.3 is 20.1 Å². The van der Waals surface area contributed by atoms with Crippen molar-refractivity contribution in [2.24, 2.45) is 5.73 Å². The second-order valence-corrected chi connectivity index (χ2v) is 8.05. The van der Waals surface area contributed by atoms with E-state index in [9.17, 15) is 9.59 Å². The molecular formula is C26H26N2O4. The van der Waals surface area contributed by atoms with Crippen LogP contribution in [-0.2, 0) is 4.79 Å². The number of para-hydroxylation sites is 1. The lowest BCUT2D eigenvalue weighted by Gasteiger charge is -2.19. The maximum atomic E-state index is 12.8. The van der Waals surface area contributed by atoms with Gasteiger partial charge in [0.25, 0.3) is 0 Å². The number of rotatable bonds is 6. The van der Waals surface area contributed by atoms with Gasteiger partial charge in [-0.1, -0.05) is 30.3 Å². The lowest BCUT2D eigenvalue weighted by molar-refractivity contribution is -0.117. The molecule has 0 radical (unpaired) electrons. The van der Waals surface area contributed by atoms with Crippen molar-refractivity contribution in [2.75, 3.05) is 18.6 Å². The summed E-state index contributed by atoms with van der Waals surface area (Å²) in [6.45, 7) is 4.52. The van der Waals surface area contributed by atoms with Crippen LogP contribution in [0.2, 0.25) is 0 Å². The Labute approximate surface area is 187 Å². The quantitative estimate of drug-likeness (QED) is 0.613. The van der Waals surface area contributed by atoms with Gasteiger partial charge >= 0.3 is 0 Å². The number of hydrogen-bond donors (Lipinski definition) is 1. The predicted molar refractivity (Wildman–Crippen MR) is 124 cm³/mol. The van der Waals surface area contributed by atoms with Crippen molar-refractivity contribution in [2.45, 2.75) is 26.2 Å². The summed E-state index contributed by atoms with van der Waals surface area (Å²) < 4.78 is 11.8. The third-order valence-corrected chi connectivity index (χ3v) is 5.85. The van der Waals surface area contributed by atoms with E-state index < -0.39 is 5.91 Å². The van der Waals surface area contributed by atoms with Crippen LogP contribution in [0.25, 0.3) is 0 Å². The Kier molecular flexibility index (Phi) is 5.86. The molecule has 0 saturated carbocycles. The first-order valence-electron chi connectivity index (χ1n) is 10.5. The zero-order valence-electron chi connectivity index (χ0n) is 18.4. The molecule has 1 atom stereocenters. The van der Waals surface area contributed by atoms with E-state index in [1.165, 1.54) is 0 Å². The molecule has 6 nitrogen and oxygen atoms in total. The number of nitrogens with two attached hydrogens (primary N) is 1. The highest BCUT2D eigenvalue weighted by molar-refractivity contribution is 5.99. The molecule has 0 aliphatic carbocycles. The Morgan fingerprint density at radius 1 is 1.00 bits per heavy atom. The van der Waals surface area contributed by atoms with Gasteiger partial charge in [-0.25, -0.2) is 0 Å². The molecule has 4 rings (SSSR count). The fourth-order valence-corrected chi connectivity index (χ4v) is 4.10. The average Bonchev–Trinajstić information content (AvgIpc) is 3.18. The van der Waals surface area contributed by atoms with E-state index in [0.29, 0.717) is 35.7 Å². The van der Waals surface area contributed by atoms with Crippen molar-refractivity contribution in [1.29, 1.82) is 0 Å². The highest BCUT2D eigenvalue weighted by atomic mass is 16.5. The number of anilines is 1. The van der Waals surface area contributed by atoms with Crippen LogP contribution in [0.1, 0.15) is 39.4 Å². The Balaban J connectivity index is 1.62. The molecule has 1 saturated heterocycles. The number of amides is 2. The van der Waals surface area contributed by atoms with E-state index in [2.05, 4.69) is 0 Å². The summed E-state index contributed by atoms with van der Waals surface area (Å²) in [7, 11) is 1.61. The molecule has 2 N–H and O–H groups in total. The predicted octanol–water partition coefficient (Wildman–Crippen LogP) is 4.72. The topological polar surface area (TPSA) is 81.9 Å². The van der Waals surface area contributed by atoms with Crippen molar-refractivity contribution in [1.82, 2.24) is 0 Å². The second-order valence-electron chi connectivity index (χ2n) is 8.05. The molecule has 32 heavy (non-hydrogen) atoms. The average molecular weight is 431 g/mol. The number of nitrogens with zero attached hydrogens (tertiary/aromatic N) is 1. The van der Waals surface area contributed by atoms with Crippen LogP contribution in [0, 0.1) is 13.8 Å². The fraction of sp³-hybridized carbons (Fsp3) is 0.231. The van der Waals surface area contributed by atoms with Crippen molar-refractivity contribution in [3.05, 3.63) is 82.9 Å². The zero-order chi connectivity index (χ0) is 22.8. The molecule has 2 amide bonds. The summed E-state index contributed by atoms with van der Waals surface area (Å²) in [5.41, 5.74) is 9.52. The lowest BCUT2D eigenvalue weighted by Crippen LogP contribution is -2.24. The molecule has 1 unspecified atom stereocenters. The molecule has 1 aliphatic heterocycles. The number of hydrogen-bond acceptors (Lipinski definition) is 4. The maximum Gasteiger partial charge on any atom is 0.248 e. The van der Waals surface area contributed by atoms with Gasteiger partial charge in [-0.05, 0) is 60.9 Å². The molecule has 164 valence electrons. The largest absolute Gasteiger partial charge is 0.493 e. The Morgan fingerprint density at radius 3 is 2.41 bits per heavy atom. The summed E-state index contributed by atoms with van der Waals surface area (Å²) >= 11 is 0. The SMILES string of the molecule is COc1ccc(C2CC(=O)N(c3cccc(C(N)=O)c3)C2)cc1Oc1c(C)cccc1C. The molecule has 3 aromatic rings. The van der Waals surface area contributed by atoms with E-state index in [-0.39, 0.29) is 11.8 Å². The minimum Gasteiger partial charge on any atom is -0.493 e. The summed E-state index contributed by atoms with van der Waals surface area (Å²) in [5.74, 6) is 1.53. The van der Waals surface area contributed by atoms with Crippen molar-refractivity contribution in [3.8, 4) is 17.2 Å². The van der Waals surface area contributed by atoms with Gasteiger partial charge in [0.15, 0.2) is 11.5 Å². The van der Waals surface area contributed by atoms with E-state index >= 15 is 0 Å².